The van der Waals surface area contributed by atoms with Gasteiger partial charge < -0.3 is 5.32 Å². The van der Waals surface area contributed by atoms with Gasteiger partial charge in [0, 0.05) is 18.0 Å². The quantitative estimate of drug-likeness (QED) is 0.636. The Morgan fingerprint density at radius 3 is 2.44 bits per heavy atom. The third-order valence-corrected chi connectivity index (χ3v) is 3.08. The molecule has 0 bridgehead atoms. The molecule has 0 fully saturated rings. The molecule has 88 valence electrons. The predicted octanol–water partition coefficient (Wildman–Crippen LogP) is 3.95. The van der Waals surface area contributed by atoms with Crippen molar-refractivity contribution in [1.29, 1.82) is 0 Å². The monoisotopic (exact) mass is 235 g/mol. The van der Waals surface area contributed by atoms with E-state index in [1.54, 1.807) is 0 Å². The Kier molecular flexibility index (Phi) is 2.49. The first-order valence-corrected chi connectivity index (χ1v) is 5.94. The van der Waals surface area contributed by atoms with Gasteiger partial charge in [0.1, 0.15) is 0 Å². The van der Waals surface area contributed by atoms with E-state index in [9.17, 15) is 4.79 Å². The van der Waals surface area contributed by atoms with Crippen LogP contribution in [0.4, 0.5) is 5.69 Å². The van der Waals surface area contributed by atoms with Crippen molar-refractivity contribution in [2.24, 2.45) is 0 Å². The lowest BCUT2D eigenvalue weighted by Crippen LogP contribution is -2.06. The van der Waals surface area contributed by atoms with Gasteiger partial charge in [-0.3, -0.25) is 4.79 Å². The van der Waals surface area contributed by atoms with E-state index in [2.05, 4.69) is 35.6 Å². The molecule has 1 N–H and O–H groups in total. The van der Waals surface area contributed by atoms with E-state index < -0.39 is 0 Å². The van der Waals surface area contributed by atoms with Gasteiger partial charge in [0.2, 0.25) is 5.91 Å². The number of anilines is 1. The van der Waals surface area contributed by atoms with Crippen LogP contribution in [-0.2, 0) is 4.79 Å². The van der Waals surface area contributed by atoms with Gasteiger partial charge in [0.15, 0.2) is 0 Å². The molecule has 1 amide bonds. The largest absolute Gasteiger partial charge is 0.326 e. The average Bonchev–Trinajstić information content (AvgIpc) is 2.38. The highest BCUT2D eigenvalue weighted by Gasteiger charge is 2.06. The van der Waals surface area contributed by atoms with Crippen molar-refractivity contribution in [3.05, 3.63) is 54.6 Å². The molecule has 0 aromatic heterocycles. The molecule has 3 aromatic carbocycles. The maximum atomic E-state index is 11.3. The summed E-state index contributed by atoms with van der Waals surface area (Å²) in [5.74, 6) is -0.0459. The topological polar surface area (TPSA) is 29.1 Å². The fraction of sp³-hybridized carbons (Fsp3) is 0.0625. The smallest absolute Gasteiger partial charge is 0.221 e. The molecule has 0 atom stereocenters. The Bertz CT molecular complexity index is 746. The molecule has 0 saturated carbocycles. The summed E-state index contributed by atoms with van der Waals surface area (Å²) < 4.78 is 0. The van der Waals surface area contributed by atoms with Crippen molar-refractivity contribution in [1.82, 2.24) is 0 Å². The summed E-state index contributed by atoms with van der Waals surface area (Å²) in [7, 11) is 0. The number of amides is 1. The van der Waals surface area contributed by atoms with Gasteiger partial charge in [-0.2, -0.15) is 0 Å². The van der Waals surface area contributed by atoms with Crippen LogP contribution in [0, 0.1) is 0 Å². The minimum atomic E-state index is -0.0459. The minimum absolute atomic E-state index is 0.0459. The molecule has 0 unspecified atom stereocenters. The highest BCUT2D eigenvalue weighted by molar-refractivity contribution is 6.15. The Labute approximate surface area is 105 Å². The van der Waals surface area contributed by atoms with E-state index in [4.69, 9.17) is 0 Å². The Balaban J connectivity index is 2.42. The van der Waals surface area contributed by atoms with Crippen LogP contribution < -0.4 is 5.32 Å². The lowest BCUT2D eigenvalue weighted by molar-refractivity contribution is -0.114. The third kappa shape index (κ3) is 1.72. The molecule has 0 aliphatic carbocycles. The summed E-state index contributed by atoms with van der Waals surface area (Å²) in [6.07, 6.45) is 0. The van der Waals surface area contributed by atoms with Gasteiger partial charge >= 0.3 is 0 Å². The number of nitrogens with one attached hydrogen (secondary N) is 1. The number of carbonyl (C=O) groups is 1. The van der Waals surface area contributed by atoms with Crippen LogP contribution in [0.5, 0.6) is 0 Å². The second kappa shape index (κ2) is 4.15. The second-order valence-corrected chi connectivity index (χ2v) is 4.37. The summed E-state index contributed by atoms with van der Waals surface area (Å²) in [5, 5.41) is 7.49. The Morgan fingerprint density at radius 1 is 0.889 bits per heavy atom. The number of hydrogen-bond donors (Lipinski definition) is 1. The van der Waals surface area contributed by atoms with E-state index >= 15 is 0 Å². The van der Waals surface area contributed by atoms with E-state index in [1.165, 1.54) is 17.7 Å². The SMILES string of the molecule is CC(=O)Nc1cccc2ccc3ccccc3c12. The van der Waals surface area contributed by atoms with Crippen molar-refractivity contribution < 1.29 is 4.79 Å². The van der Waals surface area contributed by atoms with Crippen LogP contribution in [-0.4, -0.2) is 5.91 Å². The molecular formula is C16H13NO. The number of carbonyl (C=O) groups excluding carboxylic acids is 1. The molecule has 0 aliphatic rings. The van der Waals surface area contributed by atoms with Gasteiger partial charge in [-0.05, 0) is 22.2 Å². The van der Waals surface area contributed by atoms with Crippen molar-refractivity contribution in [2.45, 2.75) is 6.92 Å². The summed E-state index contributed by atoms with van der Waals surface area (Å²) >= 11 is 0. The summed E-state index contributed by atoms with van der Waals surface area (Å²) in [5.41, 5.74) is 0.872. The average molecular weight is 235 g/mol. The Hall–Kier alpha value is -2.35. The van der Waals surface area contributed by atoms with Gasteiger partial charge in [-0.25, -0.2) is 0 Å². The highest BCUT2D eigenvalue weighted by Crippen LogP contribution is 2.31. The van der Waals surface area contributed by atoms with Gasteiger partial charge in [0.05, 0.1) is 0 Å². The lowest BCUT2D eigenvalue weighted by atomic mass is 10.0. The zero-order valence-corrected chi connectivity index (χ0v) is 10.1. The minimum Gasteiger partial charge on any atom is -0.326 e. The van der Waals surface area contributed by atoms with Crippen LogP contribution in [0.2, 0.25) is 0 Å². The number of hydrogen-bond acceptors (Lipinski definition) is 1. The van der Waals surface area contributed by atoms with Crippen LogP contribution >= 0.6 is 0 Å². The maximum absolute atomic E-state index is 11.3. The maximum Gasteiger partial charge on any atom is 0.221 e. The molecule has 0 spiro atoms. The second-order valence-electron chi connectivity index (χ2n) is 4.37. The zero-order valence-electron chi connectivity index (χ0n) is 10.1. The molecule has 2 heteroatoms. The van der Waals surface area contributed by atoms with E-state index in [1.807, 2.05) is 24.3 Å². The number of benzene rings is 3. The number of fused-ring (bicyclic) bond motifs is 3. The molecular weight excluding hydrogens is 222 g/mol. The van der Waals surface area contributed by atoms with Gasteiger partial charge in [-0.15, -0.1) is 0 Å². The molecule has 3 aromatic rings. The fourth-order valence-corrected chi connectivity index (χ4v) is 2.35. The van der Waals surface area contributed by atoms with Crippen LogP contribution in [0.1, 0.15) is 6.92 Å². The summed E-state index contributed by atoms with van der Waals surface area (Å²) in [4.78, 5) is 11.3. The first-order valence-electron chi connectivity index (χ1n) is 5.94. The van der Waals surface area contributed by atoms with Crippen LogP contribution in [0.3, 0.4) is 0 Å². The van der Waals surface area contributed by atoms with E-state index in [-0.39, 0.29) is 5.91 Å². The molecule has 2 nitrogen and oxygen atoms in total. The summed E-state index contributed by atoms with van der Waals surface area (Å²) in [6.45, 7) is 1.53. The fourth-order valence-electron chi connectivity index (χ4n) is 2.35. The molecule has 0 saturated heterocycles. The van der Waals surface area contributed by atoms with Crippen LogP contribution in [0.15, 0.2) is 54.6 Å². The standard InChI is InChI=1S/C16H13NO/c1-11(18)17-15-8-4-6-13-10-9-12-5-2-3-7-14(12)16(13)15/h2-10H,1H3,(H,17,18). The predicted molar refractivity (Wildman–Crippen MR) is 75.8 cm³/mol. The van der Waals surface area contributed by atoms with Gasteiger partial charge in [0.25, 0.3) is 0 Å². The molecule has 18 heavy (non-hydrogen) atoms. The normalized spacial score (nSPS) is 10.7. The highest BCUT2D eigenvalue weighted by atomic mass is 16.1. The summed E-state index contributed by atoms with van der Waals surface area (Å²) in [6, 6.07) is 18.4. The van der Waals surface area contributed by atoms with Gasteiger partial charge in [-0.1, -0.05) is 48.5 Å². The number of rotatable bonds is 1. The van der Waals surface area contributed by atoms with Crippen LogP contribution in [0.25, 0.3) is 21.5 Å². The first kappa shape index (κ1) is 10.8. The van der Waals surface area contributed by atoms with Crippen molar-refractivity contribution in [3.63, 3.8) is 0 Å². The molecule has 0 heterocycles. The molecule has 0 aliphatic heterocycles. The third-order valence-electron chi connectivity index (χ3n) is 3.08. The Morgan fingerprint density at radius 2 is 1.61 bits per heavy atom. The first-order chi connectivity index (χ1) is 8.75. The van der Waals surface area contributed by atoms with E-state index in [0.29, 0.717) is 0 Å². The van der Waals surface area contributed by atoms with Crippen molar-refractivity contribution in [2.75, 3.05) is 5.32 Å². The van der Waals surface area contributed by atoms with Crippen molar-refractivity contribution in [3.8, 4) is 0 Å². The van der Waals surface area contributed by atoms with E-state index in [0.717, 1.165) is 16.5 Å². The lowest BCUT2D eigenvalue weighted by Gasteiger charge is -2.10. The molecule has 0 radical (unpaired) electrons. The molecule has 3 rings (SSSR count). The van der Waals surface area contributed by atoms with Crippen molar-refractivity contribution >= 4 is 33.1 Å². The zero-order chi connectivity index (χ0) is 12.5.